The molecule has 1 unspecified atom stereocenters. The summed E-state index contributed by atoms with van der Waals surface area (Å²) in [5.41, 5.74) is -1.16. The molecule has 1 rings (SSSR count). The Morgan fingerprint density at radius 3 is 2.41 bits per heavy atom. The van der Waals surface area contributed by atoms with Crippen LogP contribution >= 0.6 is 0 Å². The minimum absolute atomic E-state index is 0.0679. The number of hydrogen-bond donors (Lipinski definition) is 1. The van der Waals surface area contributed by atoms with E-state index in [4.69, 9.17) is 0 Å². The number of urea groups is 1. The lowest BCUT2D eigenvalue weighted by Crippen LogP contribution is -2.70. The Hall–Kier alpha value is -1.66. The molecule has 17 heavy (non-hydrogen) atoms. The third kappa shape index (κ3) is 2.54. The Balaban J connectivity index is 3.03. The molecule has 1 saturated heterocycles. The molecule has 0 aromatic carbocycles. The van der Waals surface area contributed by atoms with Crippen molar-refractivity contribution in [2.75, 3.05) is 6.54 Å². The highest BCUT2D eigenvalue weighted by Crippen LogP contribution is 2.21. The molecular formula is C10H17N3O4. The van der Waals surface area contributed by atoms with E-state index in [2.05, 4.69) is 5.32 Å². The zero-order valence-electron chi connectivity index (χ0n) is 10.4. The van der Waals surface area contributed by atoms with E-state index in [-0.39, 0.29) is 12.5 Å². The minimum atomic E-state index is -1.43. The van der Waals surface area contributed by atoms with Gasteiger partial charge in [0.25, 0.3) is 0 Å². The summed E-state index contributed by atoms with van der Waals surface area (Å²) < 4.78 is 0. The van der Waals surface area contributed by atoms with Crippen LogP contribution in [0.1, 0.15) is 27.7 Å². The average Bonchev–Trinajstić information content (AvgIpc) is 2.09. The molecule has 1 N–H and O–H groups in total. The zero-order valence-corrected chi connectivity index (χ0v) is 10.4. The normalized spacial score (nSPS) is 23.8. The van der Waals surface area contributed by atoms with Crippen molar-refractivity contribution in [2.45, 2.75) is 39.3 Å². The summed E-state index contributed by atoms with van der Waals surface area (Å²) in [6.07, 6.45) is 0. The second-order valence-corrected chi connectivity index (χ2v) is 5.18. The largest absolute Gasteiger partial charge is 0.325 e. The maximum Gasteiger partial charge on any atom is 0.324 e. The van der Waals surface area contributed by atoms with Crippen LogP contribution in [0, 0.1) is 16.0 Å². The summed E-state index contributed by atoms with van der Waals surface area (Å²) in [6, 6.07) is -1.99. The molecule has 3 amide bonds. The molecule has 1 fully saturated rings. The summed E-state index contributed by atoms with van der Waals surface area (Å²) in [7, 11) is 0. The standard InChI is InChI=1S/C10H17N3O4/c1-6(2)5-12-8(14)7(13(16)17)10(3,4)11-9(12)15/h6-7H,5H2,1-4H3,(H,11,15). The quantitative estimate of drug-likeness (QED) is 0.580. The van der Waals surface area contributed by atoms with Crippen LogP contribution in [0.3, 0.4) is 0 Å². The highest BCUT2D eigenvalue weighted by molar-refractivity contribution is 6.00. The number of rotatable bonds is 3. The van der Waals surface area contributed by atoms with E-state index in [1.165, 1.54) is 13.8 Å². The lowest BCUT2D eigenvalue weighted by Gasteiger charge is -2.38. The zero-order chi connectivity index (χ0) is 13.4. The molecule has 7 nitrogen and oxygen atoms in total. The maximum atomic E-state index is 12.0. The molecular weight excluding hydrogens is 226 g/mol. The number of nitrogens with one attached hydrogen (secondary N) is 1. The average molecular weight is 243 g/mol. The maximum absolute atomic E-state index is 12.0. The molecule has 0 aromatic rings. The van der Waals surface area contributed by atoms with Gasteiger partial charge in [0.1, 0.15) is 5.54 Å². The Bertz CT molecular complexity index is 365. The van der Waals surface area contributed by atoms with Crippen LogP contribution in [0.25, 0.3) is 0 Å². The molecule has 0 spiro atoms. The number of hydrogen-bond acceptors (Lipinski definition) is 4. The van der Waals surface area contributed by atoms with Crippen molar-refractivity contribution in [3.63, 3.8) is 0 Å². The molecule has 0 aliphatic carbocycles. The van der Waals surface area contributed by atoms with Gasteiger partial charge in [0.15, 0.2) is 0 Å². The van der Waals surface area contributed by atoms with E-state index in [9.17, 15) is 19.7 Å². The third-order valence-electron chi connectivity index (χ3n) is 2.62. The first-order valence-electron chi connectivity index (χ1n) is 5.44. The van der Waals surface area contributed by atoms with Gasteiger partial charge < -0.3 is 5.32 Å². The number of nitrogens with zero attached hydrogens (tertiary/aromatic N) is 2. The summed E-state index contributed by atoms with van der Waals surface area (Å²) in [6.45, 7) is 6.81. The molecule has 0 aromatic heterocycles. The number of carbonyl (C=O) groups is 2. The van der Waals surface area contributed by atoms with E-state index < -0.39 is 28.4 Å². The van der Waals surface area contributed by atoms with Gasteiger partial charge in [-0.2, -0.15) is 0 Å². The molecule has 0 bridgehead atoms. The number of carbonyl (C=O) groups excluding carboxylic acids is 2. The Labute approximate surface area is 99.3 Å². The monoisotopic (exact) mass is 243 g/mol. The van der Waals surface area contributed by atoms with Gasteiger partial charge in [0, 0.05) is 11.5 Å². The Kier molecular flexibility index (Phi) is 3.40. The van der Waals surface area contributed by atoms with Crippen LogP contribution in [-0.2, 0) is 4.79 Å². The minimum Gasteiger partial charge on any atom is -0.325 e. The molecule has 0 saturated carbocycles. The lowest BCUT2D eigenvalue weighted by molar-refractivity contribution is -0.520. The summed E-state index contributed by atoms with van der Waals surface area (Å²) in [4.78, 5) is 34.8. The van der Waals surface area contributed by atoms with Gasteiger partial charge in [-0.3, -0.25) is 19.8 Å². The van der Waals surface area contributed by atoms with E-state index in [0.29, 0.717) is 0 Å². The summed E-state index contributed by atoms with van der Waals surface area (Å²) >= 11 is 0. The van der Waals surface area contributed by atoms with Gasteiger partial charge in [-0.25, -0.2) is 4.79 Å². The Morgan fingerprint density at radius 2 is 2.00 bits per heavy atom. The second kappa shape index (κ2) is 4.31. The lowest BCUT2D eigenvalue weighted by atomic mass is 9.91. The predicted molar refractivity (Wildman–Crippen MR) is 59.9 cm³/mol. The van der Waals surface area contributed by atoms with Crippen molar-refractivity contribution in [1.29, 1.82) is 0 Å². The first kappa shape index (κ1) is 13.4. The number of nitro groups is 1. The first-order valence-corrected chi connectivity index (χ1v) is 5.44. The van der Waals surface area contributed by atoms with Crippen molar-refractivity contribution in [2.24, 2.45) is 5.92 Å². The summed E-state index contributed by atoms with van der Waals surface area (Å²) in [5, 5.41) is 13.4. The second-order valence-electron chi connectivity index (χ2n) is 5.18. The highest BCUT2D eigenvalue weighted by Gasteiger charge is 2.53. The molecule has 1 aliphatic rings. The number of amides is 3. The Morgan fingerprint density at radius 1 is 1.47 bits per heavy atom. The van der Waals surface area contributed by atoms with Crippen LogP contribution in [-0.4, -0.2) is 39.9 Å². The summed E-state index contributed by atoms with van der Waals surface area (Å²) in [5.74, 6) is -0.671. The van der Waals surface area contributed by atoms with Gasteiger partial charge in [-0.15, -0.1) is 0 Å². The van der Waals surface area contributed by atoms with Gasteiger partial charge in [-0.05, 0) is 19.8 Å². The topological polar surface area (TPSA) is 92.6 Å². The predicted octanol–water partition coefficient (Wildman–Crippen LogP) is 0.618. The highest BCUT2D eigenvalue weighted by atomic mass is 16.6. The van der Waals surface area contributed by atoms with Crippen molar-refractivity contribution >= 4 is 11.9 Å². The molecule has 1 atom stereocenters. The third-order valence-corrected chi connectivity index (χ3v) is 2.62. The fourth-order valence-electron chi connectivity index (χ4n) is 1.86. The molecule has 1 aliphatic heterocycles. The van der Waals surface area contributed by atoms with Gasteiger partial charge in [0.2, 0.25) is 0 Å². The van der Waals surface area contributed by atoms with Gasteiger partial charge >= 0.3 is 18.0 Å². The fraction of sp³-hybridized carbons (Fsp3) is 0.800. The molecule has 7 heteroatoms. The molecule has 0 radical (unpaired) electrons. The SMILES string of the molecule is CC(C)CN1C(=O)NC(C)(C)C([N+](=O)[O-])C1=O. The first-order chi connectivity index (χ1) is 7.66. The van der Waals surface area contributed by atoms with Crippen molar-refractivity contribution in [3.05, 3.63) is 10.1 Å². The van der Waals surface area contributed by atoms with Crippen LogP contribution < -0.4 is 5.32 Å². The van der Waals surface area contributed by atoms with E-state index in [0.717, 1.165) is 4.90 Å². The van der Waals surface area contributed by atoms with Crippen LogP contribution in [0.5, 0.6) is 0 Å². The van der Waals surface area contributed by atoms with E-state index in [1.54, 1.807) is 0 Å². The van der Waals surface area contributed by atoms with Crippen molar-refractivity contribution in [1.82, 2.24) is 10.2 Å². The smallest absolute Gasteiger partial charge is 0.324 e. The molecule has 1 heterocycles. The fourth-order valence-corrected chi connectivity index (χ4v) is 1.86. The van der Waals surface area contributed by atoms with E-state index in [1.807, 2.05) is 13.8 Å². The van der Waals surface area contributed by atoms with Crippen molar-refractivity contribution in [3.8, 4) is 0 Å². The van der Waals surface area contributed by atoms with Crippen molar-refractivity contribution < 1.29 is 14.5 Å². The molecule has 96 valence electrons. The van der Waals surface area contributed by atoms with Crippen LogP contribution in [0.4, 0.5) is 4.79 Å². The van der Waals surface area contributed by atoms with Gasteiger partial charge in [0.05, 0.1) is 0 Å². The van der Waals surface area contributed by atoms with Crippen LogP contribution in [0.2, 0.25) is 0 Å². The van der Waals surface area contributed by atoms with Gasteiger partial charge in [-0.1, -0.05) is 13.8 Å². The number of imide groups is 1. The van der Waals surface area contributed by atoms with Crippen LogP contribution in [0.15, 0.2) is 0 Å². The van der Waals surface area contributed by atoms with E-state index >= 15 is 0 Å².